The second-order valence-electron chi connectivity index (χ2n) is 5.26. The SMILES string of the molecule is CCCCC1C(CCCC)N(SC)C(C)N1C. The summed E-state index contributed by atoms with van der Waals surface area (Å²) >= 11 is 1.93. The number of nitrogens with zero attached hydrogens (tertiary/aromatic N) is 2. The van der Waals surface area contributed by atoms with Crippen LogP contribution in [0.1, 0.15) is 59.3 Å². The highest BCUT2D eigenvalue weighted by Crippen LogP contribution is 2.35. The molecule has 1 fully saturated rings. The van der Waals surface area contributed by atoms with Crippen LogP contribution in [-0.4, -0.2) is 40.8 Å². The third-order valence-electron chi connectivity index (χ3n) is 4.17. The Morgan fingerprint density at radius 2 is 1.53 bits per heavy atom. The van der Waals surface area contributed by atoms with E-state index in [9.17, 15) is 0 Å². The Hall–Kier alpha value is 0.270. The van der Waals surface area contributed by atoms with Crippen molar-refractivity contribution in [2.24, 2.45) is 0 Å². The second kappa shape index (κ2) is 7.65. The molecule has 3 atom stereocenters. The van der Waals surface area contributed by atoms with Crippen molar-refractivity contribution in [3.63, 3.8) is 0 Å². The molecule has 0 saturated carbocycles. The Kier molecular flexibility index (Phi) is 6.90. The van der Waals surface area contributed by atoms with Crippen molar-refractivity contribution in [3.05, 3.63) is 0 Å². The van der Waals surface area contributed by atoms with Gasteiger partial charge >= 0.3 is 0 Å². The number of hydrogen-bond acceptors (Lipinski definition) is 3. The van der Waals surface area contributed by atoms with Crippen LogP contribution >= 0.6 is 11.9 Å². The van der Waals surface area contributed by atoms with Gasteiger partial charge in [0.05, 0.1) is 6.17 Å². The topological polar surface area (TPSA) is 6.48 Å². The summed E-state index contributed by atoms with van der Waals surface area (Å²) in [5.74, 6) is 0. The van der Waals surface area contributed by atoms with Gasteiger partial charge in [0.2, 0.25) is 0 Å². The summed E-state index contributed by atoms with van der Waals surface area (Å²) in [5, 5.41) is 0. The Morgan fingerprint density at radius 1 is 1.00 bits per heavy atom. The summed E-state index contributed by atoms with van der Waals surface area (Å²) in [6.07, 6.45) is 10.9. The first-order valence-electron chi connectivity index (χ1n) is 7.21. The van der Waals surface area contributed by atoms with Gasteiger partial charge in [-0.3, -0.25) is 4.90 Å². The van der Waals surface area contributed by atoms with E-state index in [-0.39, 0.29) is 0 Å². The average Bonchev–Trinajstić information content (AvgIpc) is 2.56. The van der Waals surface area contributed by atoms with E-state index in [2.05, 4.69) is 43.3 Å². The molecule has 3 unspecified atom stereocenters. The molecule has 0 aromatic heterocycles. The molecule has 0 amide bonds. The van der Waals surface area contributed by atoms with Crippen LogP contribution in [0.25, 0.3) is 0 Å². The van der Waals surface area contributed by atoms with Crippen molar-refractivity contribution in [1.82, 2.24) is 9.21 Å². The molecule has 0 spiro atoms. The first-order valence-corrected chi connectivity index (χ1v) is 8.39. The normalized spacial score (nSPS) is 31.2. The van der Waals surface area contributed by atoms with Crippen molar-refractivity contribution in [3.8, 4) is 0 Å². The molecule has 0 bridgehead atoms. The smallest absolute Gasteiger partial charge is 0.0696 e. The fraction of sp³-hybridized carbons (Fsp3) is 1.00. The molecule has 0 aromatic rings. The highest BCUT2D eigenvalue weighted by molar-refractivity contribution is 7.96. The van der Waals surface area contributed by atoms with Gasteiger partial charge in [-0.15, -0.1) is 0 Å². The molecular weight excluding hydrogens is 228 g/mol. The van der Waals surface area contributed by atoms with Gasteiger partial charge in [-0.2, -0.15) is 0 Å². The minimum Gasteiger partial charge on any atom is -0.286 e. The summed E-state index contributed by atoms with van der Waals surface area (Å²) < 4.78 is 2.62. The molecule has 1 heterocycles. The van der Waals surface area contributed by atoms with Crippen LogP contribution in [0.4, 0.5) is 0 Å². The molecule has 102 valence electrons. The van der Waals surface area contributed by atoms with Gasteiger partial charge in [0.1, 0.15) is 0 Å². The molecule has 2 nitrogen and oxygen atoms in total. The molecule has 1 saturated heterocycles. The van der Waals surface area contributed by atoms with Crippen LogP contribution in [-0.2, 0) is 0 Å². The third kappa shape index (κ3) is 3.62. The summed E-state index contributed by atoms with van der Waals surface area (Å²) in [7, 11) is 2.31. The lowest BCUT2D eigenvalue weighted by Gasteiger charge is -2.26. The number of rotatable bonds is 7. The van der Waals surface area contributed by atoms with E-state index < -0.39 is 0 Å². The predicted octanol–water partition coefficient (Wildman–Crippen LogP) is 3.98. The van der Waals surface area contributed by atoms with Gasteiger partial charge in [-0.1, -0.05) is 51.5 Å². The van der Waals surface area contributed by atoms with Crippen LogP contribution in [0.15, 0.2) is 0 Å². The van der Waals surface area contributed by atoms with Gasteiger partial charge in [0.15, 0.2) is 0 Å². The molecule has 1 rings (SSSR count). The van der Waals surface area contributed by atoms with Gasteiger partial charge in [-0.05, 0) is 33.1 Å². The van der Waals surface area contributed by atoms with Crippen LogP contribution < -0.4 is 0 Å². The molecule has 3 heteroatoms. The number of unbranched alkanes of at least 4 members (excludes halogenated alkanes) is 2. The van der Waals surface area contributed by atoms with Gasteiger partial charge in [-0.25, -0.2) is 4.31 Å². The highest BCUT2D eigenvalue weighted by Gasteiger charge is 2.41. The first kappa shape index (κ1) is 15.3. The van der Waals surface area contributed by atoms with E-state index in [0.29, 0.717) is 6.17 Å². The van der Waals surface area contributed by atoms with E-state index in [1.54, 1.807) is 0 Å². The monoisotopic (exact) mass is 258 g/mol. The molecule has 1 aliphatic heterocycles. The summed E-state index contributed by atoms with van der Waals surface area (Å²) in [6, 6.07) is 1.53. The lowest BCUT2D eigenvalue weighted by Crippen LogP contribution is -2.34. The summed E-state index contributed by atoms with van der Waals surface area (Å²) in [5.41, 5.74) is 0. The fourth-order valence-electron chi connectivity index (χ4n) is 3.00. The molecule has 0 radical (unpaired) electrons. The molecular formula is C14H30N2S. The standard InChI is InChI=1S/C14H30N2S/c1-6-8-10-13-14(11-9-7-2)16(17-5)12(3)15(13)4/h12-14H,6-11H2,1-5H3. The van der Waals surface area contributed by atoms with Crippen molar-refractivity contribution >= 4 is 11.9 Å². The van der Waals surface area contributed by atoms with E-state index in [1.165, 1.54) is 38.5 Å². The Bertz CT molecular complexity index is 210. The van der Waals surface area contributed by atoms with Crippen molar-refractivity contribution < 1.29 is 0 Å². The minimum atomic E-state index is 0.591. The minimum absolute atomic E-state index is 0.591. The van der Waals surface area contributed by atoms with Gasteiger partial charge in [0.25, 0.3) is 0 Å². The van der Waals surface area contributed by atoms with E-state index in [1.807, 2.05) is 11.9 Å². The maximum Gasteiger partial charge on any atom is 0.0696 e. The maximum atomic E-state index is 2.62. The first-order chi connectivity index (χ1) is 8.17. The lowest BCUT2D eigenvalue weighted by atomic mass is 9.98. The van der Waals surface area contributed by atoms with Crippen molar-refractivity contribution in [2.45, 2.75) is 77.5 Å². The average molecular weight is 258 g/mol. The zero-order chi connectivity index (χ0) is 12.8. The predicted molar refractivity (Wildman–Crippen MR) is 79.2 cm³/mol. The Morgan fingerprint density at radius 3 is 2.00 bits per heavy atom. The van der Waals surface area contributed by atoms with Gasteiger partial charge < -0.3 is 0 Å². The molecule has 17 heavy (non-hydrogen) atoms. The van der Waals surface area contributed by atoms with E-state index in [4.69, 9.17) is 0 Å². The zero-order valence-corrected chi connectivity index (χ0v) is 13.1. The van der Waals surface area contributed by atoms with Crippen molar-refractivity contribution in [2.75, 3.05) is 13.3 Å². The quantitative estimate of drug-likeness (QED) is 0.638. The number of hydrogen-bond donors (Lipinski definition) is 0. The van der Waals surface area contributed by atoms with Crippen LogP contribution in [0.2, 0.25) is 0 Å². The largest absolute Gasteiger partial charge is 0.286 e. The second-order valence-corrected chi connectivity index (χ2v) is 6.05. The Balaban J connectivity index is 2.67. The van der Waals surface area contributed by atoms with Crippen molar-refractivity contribution in [1.29, 1.82) is 0 Å². The number of likely N-dealkylation sites (N-methyl/N-ethyl adjacent to an activating group) is 1. The fourth-order valence-corrected chi connectivity index (χ4v) is 3.98. The zero-order valence-electron chi connectivity index (χ0n) is 12.3. The van der Waals surface area contributed by atoms with Crippen LogP contribution in [0, 0.1) is 0 Å². The van der Waals surface area contributed by atoms with Gasteiger partial charge in [0, 0.05) is 12.1 Å². The molecule has 0 N–H and O–H groups in total. The highest BCUT2D eigenvalue weighted by atomic mass is 32.2. The molecule has 0 aromatic carbocycles. The lowest BCUT2D eigenvalue weighted by molar-refractivity contribution is 0.215. The third-order valence-corrected chi connectivity index (χ3v) is 5.17. The Labute approximate surface area is 112 Å². The summed E-state index contributed by atoms with van der Waals surface area (Å²) in [4.78, 5) is 2.59. The summed E-state index contributed by atoms with van der Waals surface area (Å²) in [6.45, 7) is 6.94. The van der Waals surface area contributed by atoms with Crippen LogP contribution in [0.3, 0.4) is 0 Å². The molecule has 0 aliphatic carbocycles. The van der Waals surface area contributed by atoms with E-state index in [0.717, 1.165) is 12.1 Å². The maximum absolute atomic E-state index is 2.62. The van der Waals surface area contributed by atoms with Crippen LogP contribution in [0.5, 0.6) is 0 Å². The molecule has 1 aliphatic rings. The van der Waals surface area contributed by atoms with E-state index >= 15 is 0 Å².